The van der Waals surface area contributed by atoms with Crippen LogP contribution in [-0.4, -0.2) is 18.7 Å². The van der Waals surface area contributed by atoms with Gasteiger partial charge in [-0.2, -0.15) is 5.10 Å². The molecule has 0 amide bonds. The Balaban J connectivity index is 2.31. The Hall–Kier alpha value is -0.780. The maximum atomic E-state index is 11.4. The molecule has 1 aliphatic rings. The van der Waals surface area contributed by atoms with Crippen LogP contribution in [0.15, 0.2) is 5.10 Å². The molecule has 1 heterocycles. The van der Waals surface area contributed by atoms with Gasteiger partial charge in [-0.1, -0.05) is 0 Å². The maximum Gasteiger partial charge on any atom is 0.523 e. The van der Waals surface area contributed by atoms with Crippen LogP contribution in [0.4, 0.5) is 13.2 Å². The normalized spacial score (nSPS) is 24.9. The van der Waals surface area contributed by atoms with Crippen LogP contribution in [0.2, 0.25) is 0 Å². The molecule has 1 unspecified atom stereocenters. The molecule has 0 saturated heterocycles. The molecule has 10 heavy (non-hydrogen) atoms. The molecule has 0 fully saturated rings. The molecule has 0 aromatic heterocycles. The Morgan fingerprint density at radius 2 is 2.20 bits per heavy atom. The smallest absolute Gasteiger partial charge is 0.302 e. The van der Waals surface area contributed by atoms with E-state index in [1.54, 1.807) is 0 Å². The second-order valence-electron chi connectivity index (χ2n) is 1.60. The van der Waals surface area contributed by atoms with E-state index in [0.29, 0.717) is 0 Å². The van der Waals surface area contributed by atoms with Crippen molar-refractivity contribution in [2.24, 2.45) is 5.10 Å². The van der Waals surface area contributed by atoms with E-state index >= 15 is 0 Å². The van der Waals surface area contributed by atoms with Crippen molar-refractivity contribution in [1.29, 1.82) is 0 Å². The van der Waals surface area contributed by atoms with Crippen molar-refractivity contribution >= 4 is 6.21 Å². The van der Waals surface area contributed by atoms with Gasteiger partial charge < -0.3 is 5.43 Å². The average Bonchev–Trinajstić information content (AvgIpc) is 2.12. The van der Waals surface area contributed by atoms with Crippen LogP contribution >= 0.6 is 0 Å². The molecule has 1 atom stereocenters. The number of hydrogen-bond acceptors (Lipinski definition) is 3. The van der Waals surface area contributed by atoms with Gasteiger partial charge in [-0.05, 0) is 0 Å². The molecule has 0 saturated carbocycles. The first-order chi connectivity index (χ1) is 4.58. The van der Waals surface area contributed by atoms with Gasteiger partial charge in [0.2, 0.25) is 0 Å². The molecule has 1 aliphatic heterocycles. The number of hydrogen-bond donors (Lipinski definition) is 1. The Morgan fingerprint density at radius 3 is 2.60 bits per heavy atom. The fraction of sp³-hybridized carbons (Fsp3) is 0.500. The van der Waals surface area contributed by atoms with Crippen molar-refractivity contribution in [3.05, 3.63) is 6.54 Å². The number of nitrogens with one attached hydrogen (secondary N) is 1. The molecule has 0 aromatic carbocycles. The molecule has 0 aliphatic carbocycles. The number of ether oxygens (including phenoxy) is 1. The predicted molar refractivity (Wildman–Crippen MR) is 26.9 cm³/mol. The standard InChI is InChI=1S/C4H4F3N2O/c5-4(6,7)10-3-1-8-9-2-3/h1-3,8H. The van der Waals surface area contributed by atoms with E-state index < -0.39 is 12.5 Å². The zero-order valence-electron chi connectivity index (χ0n) is 4.72. The topological polar surface area (TPSA) is 33.6 Å². The number of rotatable bonds is 1. The molecule has 3 nitrogen and oxygen atoms in total. The molecule has 57 valence electrons. The first-order valence-corrected chi connectivity index (χ1v) is 2.44. The van der Waals surface area contributed by atoms with Crippen LogP contribution < -0.4 is 5.43 Å². The van der Waals surface area contributed by atoms with Crippen LogP contribution in [0.25, 0.3) is 0 Å². The highest BCUT2D eigenvalue weighted by atomic mass is 19.4. The zero-order valence-corrected chi connectivity index (χ0v) is 4.72. The molecule has 6 heteroatoms. The Bertz CT molecular complexity index is 144. The first kappa shape index (κ1) is 7.33. The minimum Gasteiger partial charge on any atom is -0.302 e. The predicted octanol–water partition coefficient (Wildman–Crippen LogP) is 0.642. The highest BCUT2D eigenvalue weighted by Gasteiger charge is 2.33. The van der Waals surface area contributed by atoms with Gasteiger partial charge in [-0.15, -0.1) is 13.2 Å². The molecular formula is C4H4F3N2O. The molecular weight excluding hydrogens is 149 g/mol. The van der Waals surface area contributed by atoms with Crippen molar-refractivity contribution in [2.75, 3.05) is 0 Å². The van der Waals surface area contributed by atoms with Crippen molar-refractivity contribution in [3.63, 3.8) is 0 Å². The summed E-state index contributed by atoms with van der Waals surface area (Å²) in [5.41, 5.74) is 2.21. The van der Waals surface area contributed by atoms with Gasteiger partial charge in [0, 0.05) is 0 Å². The first-order valence-electron chi connectivity index (χ1n) is 2.44. The summed E-state index contributed by atoms with van der Waals surface area (Å²) in [7, 11) is 0. The summed E-state index contributed by atoms with van der Waals surface area (Å²) in [5, 5.41) is 3.29. The van der Waals surface area contributed by atoms with Crippen molar-refractivity contribution in [3.8, 4) is 0 Å². The Kier molecular flexibility index (Phi) is 1.80. The lowest BCUT2D eigenvalue weighted by molar-refractivity contribution is -0.329. The van der Waals surface area contributed by atoms with E-state index in [2.05, 4.69) is 15.3 Å². The van der Waals surface area contributed by atoms with Gasteiger partial charge in [-0.25, -0.2) is 0 Å². The monoisotopic (exact) mass is 153 g/mol. The van der Waals surface area contributed by atoms with E-state index in [4.69, 9.17) is 0 Å². The second kappa shape index (κ2) is 2.45. The van der Waals surface area contributed by atoms with Crippen LogP contribution in [0.5, 0.6) is 0 Å². The molecule has 0 spiro atoms. The van der Waals surface area contributed by atoms with Crippen LogP contribution in [0.3, 0.4) is 0 Å². The number of alkyl halides is 3. The highest BCUT2D eigenvalue weighted by molar-refractivity contribution is 5.66. The average molecular weight is 153 g/mol. The third-order valence-electron chi connectivity index (χ3n) is 0.805. The summed E-state index contributed by atoms with van der Waals surface area (Å²) in [5.74, 6) is 0. The molecule has 1 rings (SSSR count). The summed E-state index contributed by atoms with van der Waals surface area (Å²) >= 11 is 0. The summed E-state index contributed by atoms with van der Waals surface area (Å²) in [4.78, 5) is 0. The number of nitrogens with zero attached hydrogens (tertiary/aromatic N) is 1. The largest absolute Gasteiger partial charge is 0.523 e. The van der Waals surface area contributed by atoms with Crippen LogP contribution in [0.1, 0.15) is 0 Å². The fourth-order valence-corrected chi connectivity index (χ4v) is 0.495. The third kappa shape index (κ3) is 2.22. The Labute approximate surface area is 54.9 Å². The van der Waals surface area contributed by atoms with E-state index in [1.807, 2.05) is 0 Å². The van der Waals surface area contributed by atoms with E-state index in [0.717, 1.165) is 12.8 Å². The highest BCUT2D eigenvalue weighted by Crippen LogP contribution is 2.19. The second-order valence-corrected chi connectivity index (χ2v) is 1.60. The minimum absolute atomic E-state index is 1.02. The van der Waals surface area contributed by atoms with Gasteiger partial charge in [-0.3, -0.25) is 4.74 Å². The van der Waals surface area contributed by atoms with E-state index in [-0.39, 0.29) is 0 Å². The maximum absolute atomic E-state index is 11.4. The summed E-state index contributed by atoms with van der Waals surface area (Å²) in [6, 6.07) is 0. The lowest BCUT2D eigenvalue weighted by Gasteiger charge is -2.09. The van der Waals surface area contributed by atoms with Crippen molar-refractivity contribution in [1.82, 2.24) is 5.43 Å². The minimum atomic E-state index is -4.60. The number of halogens is 3. The fourth-order valence-electron chi connectivity index (χ4n) is 0.495. The molecule has 1 N–H and O–H groups in total. The quantitative estimate of drug-likeness (QED) is 0.599. The summed E-state index contributed by atoms with van der Waals surface area (Å²) < 4.78 is 37.7. The molecule has 0 bridgehead atoms. The van der Waals surface area contributed by atoms with Crippen LogP contribution in [-0.2, 0) is 4.74 Å². The lowest BCUT2D eigenvalue weighted by atomic mass is 10.4. The van der Waals surface area contributed by atoms with Gasteiger partial charge in [0.15, 0.2) is 0 Å². The van der Waals surface area contributed by atoms with E-state index in [1.165, 1.54) is 0 Å². The summed E-state index contributed by atoms with van der Waals surface area (Å²) in [6.07, 6.45) is -4.67. The Morgan fingerprint density at radius 1 is 1.50 bits per heavy atom. The van der Waals surface area contributed by atoms with Crippen LogP contribution in [0, 0.1) is 6.54 Å². The molecule has 0 aromatic rings. The SMILES string of the molecule is FC(F)(F)OC1[CH]NN=C1. The van der Waals surface area contributed by atoms with Gasteiger partial charge in [0.1, 0.15) is 12.6 Å². The van der Waals surface area contributed by atoms with E-state index in [9.17, 15) is 13.2 Å². The zero-order chi connectivity index (χ0) is 7.61. The summed E-state index contributed by atoms with van der Waals surface area (Å²) in [6.45, 7) is 1.09. The van der Waals surface area contributed by atoms with Gasteiger partial charge >= 0.3 is 6.36 Å². The number of hydrazone groups is 1. The van der Waals surface area contributed by atoms with Gasteiger partial charge in [0.05, 0.1) is 6.21 Å². The third-order valence-corrected chi connectivity index (χ3v) is 0.805. The van der Waals surface area contributed by atoms with Crippen molar-refractivity contribution < 1.29 is 17.9 Å². The molecule has 1 radical (unpaired) electrons. The van der Waals surface area contributed by atoms with Crippen molar-refractivity contribution in [2.45, 2.75) is 12.5 Å². The lowest BCUT2D eigenvalue weighted by Crippen LogP contribution is -2.24. The van der Waals surface area contributed by atoms with Gasteiger partial charge in [0.25, 0.3) is 0 Å².